The van der Waals surface area contributed by atoms with E-state index in [1.54, 1.807) is 4.90 Å². The van der Waals surface area contributed by atoms with Crippen molar-refractivity contribution in [3.05, 3.63) is 162 Å². The number of amides is 3. The van der Waals surface area contributed by atoms with Crippen LogP contribution in [0.5, 0.6) is 0 Å². The molecular formula is C51H41N7O2. The van der Waals surface area contributed by atoms with Crippen molar-refractivity contribution >= 4 is 64.0 Å². The zero-order valence-electron chi connectivity index (χ0n) is 32.9. The molecule has 4 aromatic carbocycles. The first kappa shape index (κ1) is 36.6. The lowest BCUT2D eigenvalue weighted by Crippen LogP contribution is -2.38. The number of benzene rings is 4. The Morgan fingerprint density at radius 2 is 0.967 bits per heavy atom. The lowest BCUT2D eigenvalue weighted by Gasteiger charge is -2.19. The van der Waals surface area contributed by atoms with Crippen LogP contribution in [0.1, 0.15) is 36.1 Å². The molecular weight excluding hydrogens is 743 g/mol. The number of para-hydroxylation sites is 1. The van der Waals surface area contributed by atoms with E-state index >= 15 is 0 Å². The Labute approximate surface area is 347 Å². The molecule has 1 fully saturated rings. The predicted octanol–water partition coefficient (Wildman–Crippen LogP) is 11.1. The van der Waals surface area contributed by atoms with Crippen molar-refractivity contribution in [3.8, 4) is 44.5 Å². The van der Waals surface area contributed by atoms with E-state index in [1.165, 1.54) is 6.92 Å². The number of H-pyrrole nitrogens is 2. The molecule has 1 atom stereocenters. The number of urea groups is 1. The summed E-state index contributed by atoms with van der Waals surface area (Å²) >= 11 is 0. The Bertz CT molecular complexity index is 2980. The SMILES string of the molecule is CC(=O)N[C@H]1CCN(C(=O)Nc2ccccc2-c2c3nc(c(-c4ccccc4)c4ccc([nH]4)c(-c4ccccc4)c4nc(c(-c5ccccc5)c5ccc2[nH]5)C=C4)C=C3)C1. The third-order valence-electron chi connectivity index (χ3n) is 11.3. The van der Waals surface area contributed by atoms with Crippen LogP contribution < -0.4 is 10.6 Å². The van der Waals surface area contributed by atoms with Gasteiger partial charge in [-0.1, -0.05) is 109 Å². The number of carbonyl (C=O) groups is 2. The van der Waals surface area contributed by atoms with E-state index < -0.39 is 0 Å². The molecule has 292 valence electrons. The van der Waals surface area contributed by atoms with Crippen LogP contribution in [0.2, 0.25) is 0 Å². The average molecular weight is 784 g/mol. The van der Waals surface area contributed by atoms with Crippen LogP contribution in [-0.4, -0.2) is 55.9 Å². The minimum atomic E-state index is -0.223. The number of hydrogen-bond donors (Lipinski definition) is 4. The highest BCUT2D eigenvalue weighted by Crippen LogP contribution is 2.40. The van der Waals surface area contributed by atoms with E-state index in [0.717, 1.165) is 89.4 Å². The van der Waals surface area contributed by atoms with Gasteiger partial charge in [0.1, 0.15) is 0 Å². The zero-order chi connectivity index (χ0) is 40.6. The molecule has 3 aliphatic rings. The summed E-state index contributed by atoms with van der Waals surface area (Å²) in [5.41, 5.74) is 15.1. The van der Waals surface area contributed by atoms with Crippen molar-refractivity contribution in [2.75, 3.05) is 18.4 Å². The van der Waals surface area contributed by atoms with Gasteiger partial charge in [-0.15, -0.1) is 0 Å². The van der Waals surface area contributed by atoms with Gasteiger partial charge in [0, 0.05) is 75.9 Å². The molecule has 3 aliphatic heterocycles. The summed E-state index contributed by atoms with van der Waals surface area (Å²) in [5.74, 6) is -0.0993. The smallest absolute Gasteiger partial charge is 0.321 e. The van der Waals surface area contributed by atoms with Gasteiger partial charge in [0.05, 0.1) is 28.5 Å². The maximum Gasteiger partial charge on any atom is 0.321 e. The molecule has 6 heterocycles. The number of nitrogens with one attached hydrogen (secondary N) is 4. The fraction of sp³-hybridized carbons (Fsp3) is 0.0980. The zero-order valence-corrected chi connectivity index (χ0v) is 32.9. The number of fused-ring (bicyclic) bond motifs is 8. The van der Waals surface area contributed by atoms with Crippen LogP contribution >= 0.6 is 0 Å². The molecule has 3 aromatic heterocycles. The van der Waals surface area contributed by atoms with E-state index in [2.05, 4.69) is 118 Å². The third-order valence-corrected chi connectivity index (χ3v) is 11.3. The van der Waals surface area contributed by atoms with Crippen molar-refractivity contribution in [1.82, 2.24) is 30.2 Å². The standard InChI is InChI=1S/C51H41N7O2/c1-32(59)52-36-29-30-58(31-36)51(60)57-38-20-12-11-19-37(38)50-45-27-25-43(55-45)48(34-15-7-3-8-16-34)41-23-21-39(53-41)47(33-13-5-2-6-14-33)40-22-24-42(54-40)49(35-17-9-4-10-18-35)44-26-28-46(50)56-44/h2-28,36,53,56H,29-31H2,1H3,(H,52,59)(H,57,60)/t36-/m0/s1. The van der Waals surface area contributed by atoms with E-state index in [4.69, 9.17) is 9.97 Å². The summed E-state index contributed by atoms with van der Waals surface area (Å²) in [5, 5.41) is 6.17. The Hall–Kier alpha value is -7.78. The molecule has 0 unspecified atom stereocenters. The Morgan fingerprint density at radius 3 is 1.43 bits per heavy atom. The van der Waals surface area contributed by atoms with Gasteiger partial charge < -0.3 is 25.5 Å². The molecule has 0 radical (unpaired) electrons. The van der Waals surface area contributed by atoms with Gasteiger partial charge in [-0.05, 0) is 77.7 Å². The van der Waals surface area contributed by atoms with Crippen molar-refractivity contribution in [2.45, 2.75) is 19.4 Å². The fourth-order valence-corrected chi connectivity index (χ4v) is 8.57. The number of aromatic amines is 2. The summed E-state index contributed by atoms with van der Waals surface area (Å²) in [6.45, 7) is 2.49. The average Bonchev–Trinajstić information content (AvgIpc) is 4.14. The first-order valence-corrected chi connectivity index (χ1v) is 20.2. The predicted molar refractivity (Wildman–Crippen MR) is 243 cm³/mol. The van der Waals surface area contributed by atoms with Crippen LogP contribution in [0.25, 0.3) is 90.9 Å². The van der Waals surface area contributed by atoms with Gasteiger partial charge in [-0.3, -0.25) is 4.79 Å². The number of hydrogen-bond acceptors (Lipinski definition) is 4. The molecule has 9 heteroatoms. The summed E-state index contributed by atoms with van der Waals surface area (Å²) in [6.07, 6.45) is 9.03. The summed E-state index contributed by atoms with van der Waals surface area (Å²) in [4.78, 5) is 45.8. The molecule has 3 amide bonds. The van der Waals surface area contributed by atoms with E-state index in [0.29, 0.717) is 25.2 Å². The molecule has 0 saturated carbocycles. The van der Waals surface area contributed by atoms with Crippen LogP contribution in [0.15, 0.2) is 140 Å². The normalized spacial score (nSPS) is 14.3. The molecule has 1 saturated heterocycles. The van der Waals surface area contributed by atoms with Crippen LogP contribution in [0.3, 0.4) is 0 Å². The third kappa shape index (κ3) is 6.96. The fourth-order valence-electron chi connectivity index (χ4n) is 8.57. The summed E-state index contributed by atoms with van der Waals surface area (Å²) in [7, 11) is 0. The largest absolute Gasteiger partial charge is 0.354 e. The van der Waals surface area contributed by atoms with E-state index in [9.17, 15) is 9.59 Å². The number of anilines is 1. The van der Waals surface area contributed by atoms with Gasteiger partial charge in [0.25, 0.3) is 0 Å². The van der Waals surface area contributed by atoms with Gasteiger partial charge in [-0.2, -0.15) is 0 Å². The van der Waals surface area contributed by atoms with Gasteiger partial charge in [-0.25, -0.2) is 14.8 Å². The first-order valence-electron chi connectivity index (χ1n) is 20.2. The second kappa shape index (κ2) is 15.5. The molecule has 4 N–H and O–H groups in total. The first-order chi connectivity index (χ1) is 29.5. The van der Waals surface area contributed by atoms with Crippen LogP contribution in [0, 0.1) is 0 Å². The maximum absolute atomic E-state index is 13.9. The molecule has 8 bridgehead atoms. The molecule has 7 aromatic rings. The Kier molecular flexibility index (Phi) is 9.46. The number of nitrogens with zero attached hydrogens (tertiary/aromatic N) is 3. The Balaban J connectivity index is 1.26. The molecule has 9 nitrogen and oxygen atoms in total. The minimum Gasteiger partial charge on any atom is -0.354 e. The monoisotopic (exact) mass is 783 g/mol. The number of likely N-dealkylation sites (tertiary alicyclic amines) is 1. The van der Waals surface area contributed by atoms with Crippen molar-refractivity contribution < 1.29 is 9.59 Å². The van der Waals surface area contributed by atoms with E-state index in [-0.39, 0.29) is 18.0 Å². The second-order valence-corrected chi connectivity index (χ2v) is 15.2. The molecule has 0 spiro atoms. The molecule has 0 aliphatic carbocycles. The molecule has 60 heavy (non-hydrogen) atoms. The topological polar surface area (TPSA) is 119 Å². The number of rotatable bonds is 6. The summed E-state index contributed by atoms with van der Waals surface area (Å²) < 4.78 is 0. The van der Waals surface area contributed by atoms with Gasteiger partial charge >= 0.3 is 6.03 Å². The molecule has 10 rings (SSSR count). The van der Waals surface area contributed by atoms with Crippen molar-refractivity contribution in [1.29, 1.82) is 0 Å². The highest BCUT2D eigenvalue weighted by atomic mass is 16.2. The lowest BCUT2D eigenvalue weighted by atomic mass is 10.0. The number of aromatic nitrogens is 4. The van der Waals surface area contributed by atoms with Crippen LogP contribution in [0.4, 0.5) is 10.5 Å². The lowest BCUT2D eigenvalue weighted by molar-refractivity contribution is -0.119. The number of carbonyl (C=O) groups excluding carboxylic acids is 2. The highest BCUT2D eigenvalue weighted by molar-refractivity contribution is 6.03. The van der Waals surface area contributed by atoms with Crippen molar-refractivity contribution in [2.24, 2.45) is 0 Å². The second-order valence-electron chi connectivity index (χ2n) is 15.2. The van der Waals surface area contributed by atoms with Gasteiger partial charge in [0.15, 0.2) is 0 Å². The Morgan fingerprint density at radius 1 is 0.550 bits per heavy atom. The minimum absolute atomic E-state index is 0.0769. The highest BCUT2D eigenvalue weighted by Gasteiger charge is 2.28. The quantitative estimate of drug-likeness (QED) is 0.134. The van der Waals surface area contributed by atoms with Crippen molar-refractivity contribution in [3.63, 3.8) is 0 Å². The summed E-state index contributed by atoms with van der Waals surface area (Å²) in [6, 6.07) is 47.0. The van der Waals surface area contributed by atoms with Gasteiger partial charge in [0.2, 0.25) is 5.91 Å². The van der Waals surface area contributed by atoms with E-state index in [1.807, 2.05) is 66.7 Å². The maximum atomic E-state index is 13.9. The van der Waals surface area contributed by atoms with Crippen LogP contribution in [-0.2, 0) is 4.79 Å².